The lowest BCUT2D eigenvalue weighted by molar-refractivity contribution is 0.0916. The van der Waals surface area contributed by atoms with Crippen LogP contribution >= 0.6 is 0 Å². The van der Waals surface area contributed by atoms with E-state index in [9.17, 15) is 4.79 Å². The highest BCUT2D eigenvalue weighted by Gasteiger charge is 2.23. The average molecular weight is 263 g/mol. The summed E-state index contributed by atoms with van der Waals surface area (Å²) in [7, 11) is 0. The second kappa shape index (κ2) is 4.72. The van der Waals surface area contributed by atoms with Crippen molar-refractivity contribution in [2.24, 2.45) is 0 Å². The van der Waals surface area contributed by atoms with Gasteiger partial charge in [-0.2, -0.15) is 0 Å². The van der Waals surface area contributed by atoms with Crippen LogP contribution in [0.2, 0.25) is 0 Å². The van der Waals surface area contributed by atoms with Gasteiger partial charge in [0.15, 0.2) is 5.76 Å². The highest BCUT2D eigenvalue weighted by Crippen LogP contribution is 2.29. The van der Waals surface area contributed by atoms with E-state index in [-0.39, 0.29) is 18.0 Å². The Morgan fingerprint density at radius 2 is 1.89 bits per heavy atom. The van der Waals surface area contributed by atoms with E-state index in [1.165, 1.54) is 0 Å². The summed E-state index contributed by atoms with van der Waals surface area (Å²) in [6.45, 7) is 11.9. The van der Waals surface area contributed by atoms with E-state index in [2.05, 4.69) is 24.3 Å². The number of nitrogens with one attached hydrogen (secondary N) is 1. The molecule has 19 heavy (non-hydrogen) atoms. The molecule has 2 heterocycles. The Balaban J connectivity index is 2.51. The molecule has 104 valence electrons. The maximum atomic E-state index is 12.0. The summed E-state index contributed by atoms with van der Waals surface area (Å²) in [6.07, 6.45) is 0. The lowest BCUT2D eigenvalue weighted by atomic mass is 10.1. The summed E-state index contributed by atoms with van der Waals surface area (Å²) >= 11 is 0. The summed E-state index contributed by atoms with van der Waals surface area (Å²) in [5.74, 6) is 0.186. The molecule has 2 aromatic heterocycles. The number of aromatic nitrogens is 2. The molecule has 0 saturated carbocycles. The molecule has 0 aliphatic carbocycles. The van der Waals surface area contributed by atoms with Crippen LogP contribution < -0.4 is 5.32 Å². The van der Waals surface area contributed by atoms with Gasteiger partial charge in [-0.05, 0) is 41.5 Å². The molecule has 0 bridgehead atoms. The summed E-state index contributed by atoms with van der Waals surface area (Å²) in [4.78, 5) is 12.0. The quantitative estimate of drug-likeness (QED) is 0.926. The van der Waals surface area contributed by atoms with E-state index in [1.807, 2.05) is 32.4 Å². The molecule has 1 amide bonds. The maximum Gasteiger partial charge on any atom is 0.287 e. The van der Waals surface area contributed by atoms with Crippen molar-refractivity contribution >= 4 is 17.0 Å². The van der Waals surface area contributed by atoms with Crippen molar-refractivity contribution in [1.29, 1.82) is 0 Å². The topological polar surface area (TPSA) is 60.1 Å². The molecular formula is C14H21N3O2. The standard InChI is InChI=1S/C14H21N3O2/c1-7(2)15-13(18)12-9(5)11-10(6)17(8(3)4)16-14(11)19-12/h7-8H,1-6H3,(H,15,18). The minimum atomic E-state index is -0.180. The van der Waals surface area contributed by atoms with Crippen LogP contribution in [0.1, 0.15) is 55.5 Å². The fourth-order valence-electron chi connectivity index (χ4n) is 2.33. The fraction of sp³-hybridized carbons (Fsp3) is 0.571. The molecule has 0 unspecified atom stereocenters. The number of amides is 1. The number of hydrogen-bond donors (Lipinski definition) is 1. The molecule has 0 spiro atoms. The molecule has 0 saturated heterocycles. The van der Waals surface area contributed by atoms with Crippen LogP contribution in [0.25, 0.3) is 11.1 Å². The van der Waals surface area contributed by atoms with Gasteiger partial charge >= 0.3 is 0 Å². The van der Waals surface area contributed by atoms with Crippen LogP contribution in [-0.4, -0.2) is 21.7 Å². The zero-order valence-corrected chi connectivity index (χ0v) is 12.4. The molecular weight excluding hydrogens is 242 g/mol. The highest BCUT2D eigenvalue weighted by molar-refractivity contribution is 5.99. The predicted molar refractivity (Wildman–Crippen MR) is 74.5 cm³/mol. The smallest absolute Gasteiger partial charge is 0.287 e. The first-order valence-electron chi connectivity index (χ1n) is 6.62. The van der Waals surface area contributed by atoms with Crippen LogP contribution in [0.3, 0.4) is 0 Å². The Hall–Kier alpha value is -1.78. The molecule has 1 N–H and O–H groups in total. The van der Waals surface area contributed by atoms with Gasteiger partial charge < -0.3 is 9.73 Å². The molecule has 0 aliphatic rings. The molecule has 2 rings (SSSR count). The number of hydrogen-bond acceptors (Lipinski definition) is 3. The second-order valence-electron chi connectivity index (χ2n) is 5.49. The summed E-state index contributed by atoms with van der Waals surface area (Å²) in [6, 6.07) is 0.357. The number of furan rings is 1. The molecule has 0 aliphatic heterocycles. The van der Waals surface area contributed by atoms with Crippen molar-refractivity contribution in [2.75, 3.05) is 0 Å². The van der Waals surface area contributed by atoms with Crippen LogP contribution in [-0.2, 0) is 0 Å². The molecule has 2 aromatic rings. The lowest BCUT2D eigenvalue weighted by Gasteiger charge is -2.08. The van der Waals surface area contributed by atoms with E-state index in [4.69, 9.17) is 4.42 Å². The van der Waals surface area contributed by atoms with Gasteiger partial charge in [0.1, 0.15) is 0 Å². The van der Waals surface area contributed by atoms with Crippen molar-refractivity contribution in [3.05, 3.63) is 17.0 Å². The molecule has 0 radical (unpaired) electrons. The normalized spacial score (nSPS) is 11.8. The van der Waals surface area contributed by atoms with Crippen molar-refractivity contribution < 1.29 is 9.21 Å². The zero-order chi connectivity index (χ0) is 14.3. The zero-order valence-electron chi connectivity index (χ0n) is 12.4. The Kier molecular flexibility index (Phi) is 3.39. The maximum absolute atomic E-state index is 12.0. The van der Waals surface area contributed by atoms with Crippen molar-refractivity contribution in [2.45, 2.75) is 53.6 Å². The van der Waals surface area contributed by atoms with E-state index in [0.717, 1.165) is 16.6 Å². The minimum absolute atomic E-state index is 0.0843. The van der Waals surface area contributed by atoms with Gasteiger partial charge in [0, 0.05) is 23.3 Å². The Labute approximate surface area is 113 Å². The van der Waals surface area contributed by atoms with Gasteiger partial charge in [-0.15, -0.1) is 5.10 Å². The molecule has 0 aromatic carbocycles. The number of carbonyl (C=O) groups is 1. The first-order chi connectivity index (χ1) is 8.82. The molecule has 5 nitrogen and oxygen atoms in total. The van der Waals surface area contributed by atoms with E-state index in [1.54, 1.807) is 0 Å². The highest BCUT2D eigenvalue weighted by atomic mass is 16.4. The van der Waals surface area contributed by atoms with Gasteiger partial charge in [-0.25, -0.2) is 0 Å². The monoisotopic (exact) mass is 263 g/mol. The SMILES string of the molecule is Cc1c(C(=O)NC(C)C)oc2nn(C(C)C)c(C)c12. The van der Waals surface area contributed by atoms with Crippen molar-refractivity contribution in [1.82, 2.24) is 15.1 Å². The third kappa shape index (κ3) is 2.25. The first-order valence-corrected chi connectivity index (χ1v) is 6.62. The van der Waals surface area contributed by atoms with E-state index in [0.29, 0.717) is 11.5 Å². The predicted octanol–water partition coefficient (Wildman–Crippen LogP) is 2.97. The van der Waals surface area contributed by atoms with Gasteiger partial charge in [0.2, 0.25) is 5.71 Å². The van der Waals surface area contributed by atoms with Crippen LogP contribution in [0.15, 0.2) is 4.42 Å². The minimum Gasteiger partial charge on any atom is -0.431 e. The average Bonchev–Trinajstić information content (AvgIpc) is 2.77. The van der Waals surface area contributed by atoms with Crippen molar-refractivity contribution in [3.63, 3.8) is 0 Å². The van der Waals surface area contributed by atoms with E-state index >= 15 is 0 Å². The largest absolute Gasteiger partial charge is 0.431 e. The van der Waals surface area contributed by atoms with Crippen molar-refractivity contribution in [3.8, 4) is 0 Å². The number of fused-ring (bicyclic) bond motifs is 1. The van der Waals surface area contributed by atoms with E-state index < -0.39 is 0 Å². The number of nitrogens with zero attached hydrogens (tertiary/aromatic N) is 2. The van der Waals surface area contributed by atoms with Gasteiger partial charge in [0.25, 0.3) is 5.91 Å². The first kappa shape index (κ1) is 13.6. The van der Waals surface area contributed by atoms with Crippen LogP contribution in [0, 0.1) is 13.8 Å². The Bertz CT molecular complexity index is 620. The molecule has 5 heteroatoms. The third-order valence-corrected chi connectivity index (χ3v) is 3.15. The van der Waals surface area contributed by atoms with Crippen LogP contribution in [0.4, 0.5) is 0 Å². The summed E-state index contributed by atoms with van der Waals surface area (Å²) < 4.78 is 7.55. The Morgan fingerprint density at radius 3 is 2.37 bits per heavy atom. The van der Waals surface area contributed by atoms with Gasteiger partial charge in [-0.3, -0.25) is 9.48 Å². The summed E-state index contributed by atoms with van der Waals surface area (Å²) in [5.41, 5.74) is 2.44. The number of carbonyl (C=O) groups excluding carboxylic acids is 1. The molecule has 0 atom stereocenters. The van der Waals surface area contributed by atoms with Gasteiger partial charge in [0.05, 0.1) is 5.39 Å². The fourth-order valence-corrected chi connectivity index (χ4v) is 2.33. The van der Waals surface area contributed by atoms with Crippen LogP contribution in [0.5, 0.6) is 0 Å². The summed E-state index contributed by atoms with van der Waals surface area (Å²) in [5, 5.41) is 8.21. The lowest BCUT2D eigenvalue weighted by Crippen LogP contribution is -2.30. The molecule has 0 fully saturated rings. The number of aryl methyl sites for hydroxylation is 2. The Morgan fingerprint density at radius 1 is 1.26 bits per heavy atom. The van der Waals surface area contributed by atoms with Gasteiger partial charge in [-0.1, -0.05) is 0 Å². The third-order valence-electron chi connectivity index (χ3n) is 3.15. The number of rotatable bonds is 3. The second-order valence-corrected chi connectivity index (χ2v) is 5.49.